The highest BCUT2D eigenvalue weighted by atomic mass is 32.2. The lowest BCUT2D eigenvalue weighted by Gasteiger charge is -2.32. The van der Waals surface area contributed by atoms with Crippen LogP contribution in [0.3, 0.4) is 0 Å². The summed E-state index contributed by atoms with van der Waals surface area (Å²) in [5.74, 6) is -4.88. The van der Waals surface area contributed by atoms with Crippen LogP contribution in [-0.4, -0.2) is 90.3 Å². The number of carbonyl (C=O) groups excluding carboxylic acids is 2. The molecule has 1 fully saturated rings. The smallest absolute Gasteiger partial charge is 0.326 e. The summed E-state index contributed by atoms with van der Waals surface area (Å²) in [7, 11) is -3.68. The van der Waals surface area contributed by atoms with E-state index in [1.54, 1.807) is 12.1 Å². The molecule has 0 radical (unpaired) electrons. The van der Waals surface area contributed by atoms with Crippen molar-refractivity contribution in [2.45, 2.75) is 51.0 Å². The number of carbonyl (C=O) groups is 4. The monoisotopic (exact) mass is 570 g/mol. The number of aliphatic carboxylic acids is 2. The first-order valence-electron chi connectivity index (χ1n) is 12.7. The molecule has 1 aliphatic rings. The van der Waals surface area contributed by atoms with E-state index < -0.39 is 57.7 Å². The molecule has 7 N–H and O–H groups in total. The number of nitrogens with two attached hydrogens (primary N) is 1. The van der Waals surface area contributed by atoms with E-state index >= 15 is 0 Å². The maximum atomic E-state index is 13.4. The van der Waals surface area contributed by atoms with E-state index in [1.807, 2.05) is 0 Å². The zero-order chi connectivity index (χ0) is 29.2. The van der Waals surface area contributed by atoms with E-state index in [1.165, 1.54) is 12.1 Å². The van der Waals surface area contributed by atoms with Gasteiger partial charge < -0.3 is 31.7 Å². The zero-order valence-corrected chi connectivity index (χ0v) is 22.8. The van der Waals surface area contributed by atoms with E-state index in [2.05, 4.69) is 10.6 Å². The number of hydrogen-bond donors (Lipinski definition) is 6. The first-order chi connectivity index (χ1) is 18.3. The lowest BCUT2D eigenvalue weighted by molar-refractivity contribution is -0.147. The Balaban J connectivity index is 2.10. The summed E-state index contributed by atoms with van der Waals surface area (Å²) >= 11 is 0. The molecule has 2 rings (SSSR count). The van der Waals surface area contributed by atoms with Gasteiger partial charge in [-0.05, 0) is 49.9 Å². The van der Waals surface area contributed by atoms with Crippen LogP contribution in [0.5, 0.6) is 5.75 Å². The lowest BCUT2D eigenvalue weighted by Crippen LogP contribution is -2.50. The van der Waals surface area contributed by atoms with Crippen molar-refractivity contribution in [3.05, 3.63) is 29.8 Å². The number of phenolic OH excluding ortho intramolecular Hbond substituents is 1. The number of sulfonamides is 1. The van der Waals surface area contributed by atoms with Gasteiger partial charge in [0.05, 0.1) is 24.1 Å². The third-order valence-corrected chi connectivity index (χ3v) is 8.20. The Hall–Kier alpha value is -3.23. The zero-order valence-electron chi connectivity index (χ0n) is 22.0. The van der Waals surface area contributed by atoms with Gasteiger partial charge in [0.2, 0.25) is 21.8 Å². The molecule has 0 unspecified atom stereocenters. The molecule has 14 heteroatoms. The number of phenols is 1. The number of rotatable bonds is 16. The summed E-state index contributed by atoms with van der Waals surface area (Å²) in [4.78, 5) is 49.8. The summed E-state index contributed by atoms with van der Waals surface area (Å²) in [5.41, 5.74) is 4.88. The summed E-state index contributed by atoms with van der Waals surface area (Å²) < 4.78 is 24.8. The highest BCUT2D eigenvalue weighted by molar-refractivity contribution is 7.88. The van der Waals surface area contributed by atoms with Crippen LogP contribution in [0, 0.1) is 11.3 Å². The van der Waals surface area contributed by atoms with Crippen molar-refractivity contribution >= 4 is 33.8 Å². The van der Waals surface area contributed by atoms with Crippen LogP contribution in [0.4, 0.5) is 0 Å². The SMILES string of the molecule is CS(=O)(=O)N(CCCN)CC(=O)NC[C@@H](CC1(C(=O)N[C@@H](Cc2ccc(O)cc2)C(=O)O)CCCC1)C(=O)O. The summed E-state index contributed by atoms with van der Waals surface area (Å²) in [6, 6.07) is 4.65. The molecule has 2 amide bonds. The van der Waals surface area contributed by atoms with Gasteiger partial charge in [0, 0.05) is 19.5 Å². The Bertz CT molecular complexity index is 1120. The minimum absolute atomic E-state index is 0.0194. The summed E-state index contributed by atoms with van der Waals surface area (Å²) in [6.45, 7) is -0.540. The van der Waals surface area contributed by atoms with Crippen molar-refractivity contribution in [1.29, 1.82) is 0 Å². The predicted molar refractivity (Wildman–Crippen MR) is 141 cm³/mol. The molecule has 0 heterocycles. The van der Waals surface area contributed by atoms with Crippen LogP contribution >= 0.6 is 0 Å². The number of nitrogens with one attached hydrogen (secondary N) is 2. The molecule has 0 aromatic heterocycles. The van der Waals surface area contributed by atoms with Crippen molar-refractivity contribution in [3.63, 3.8) is 0 Å². The van der Waals surface area contributed by atoms with Gasteiger partial charge in [0.25, 0.3) is 0 Å². The fourth-order valence-corrected chi connectivity index (χ4v) is 5.57. The number of benzene rings is 1. The third kappa shape index (κ3) is 9.79. The number of carboxylic acid groups (broad SMARTS) is 2. The fourth-order valence-electron chi connectivity index (χ4n) is 4.76. The lowest BCUT2D eigenvalue weighted by atomic mass is 9.76. The van der Waals surface area contributed by atoms with Crippen LogP contribution < -0.4 is 16.4 Å². The standard InChI is InChI=1S/C25H38N4O9S/c1-39(37,38)29(12-4-11-26)16-21(31)27-15-18(22(32)33)14-25(9-2-3-10-25)24(36)28-20(23(34)35)13-17-5-7-19(30)8-6-17/h5-8,18,20,30H,2-4,9-16,26H2,1H3,(H,27,31)(H,28,36)(H,32,33)(H,34,35)/t18-,20+/m1/s1. The molecule has 0 bridgehead atoms. The Morgan fingerprint density at radius 1 is 1.08 bits per heavy atom. The number of carboxylic acids is 2. The number of aromatic hydroxyl groups is 1. The van der Waals surface area contributed by atoms with Gasteiger partial charge in [-0.15, -0.1) is 0 Å². The second kappa shape index (κ2) is 14.2. The van der Waals surface area contributed by atoms with Gasteiger partial charge in [-0.3, -0.25) is 14.4 Å². The van der Waals surface area contributed by atoms with E-state index in [9.17, 15) is 42.9 Å². The average Bonchev–Trinajstić information content (AvgIpc) is 3.34. The largest absolute Gasteiger partial charge is 0.508 e. The molecule has 0 saturated heterocycles. The van der Waals surface area contributed by atoms with Crippen LogP contribution in [-0.2, 0) is 35.6 Å². The van der Waals surface area contributed by atoms with Gasteiger partial charge in [-0.2, -0.15) is 4.31 Å². The maximum Gasteiger partial charge on any atom is 0.326 e. The van der Waals surface area contributed by atoms with E-state index in [4.69, 9.17) is 5.73 Å². The highest BCUT2D eigenvalue weighted by Gasteiger charge is 2.45. The maximum absolute atomic E-state index is 13.4. The Morgan fingerprint density at radius 2 is 1.69 bits per heavy atom. The molecule has 1 aliphatic carbocycles. The van der Waals surface area contributed by atoms with Crippen molar-refractivity contribution in [2.75, 3.05) is 32.4 Å². The fraction of sp³-hybridized carbons (Fsp3) is 0.600. The molecule has 1 aromatic rings. The van der Waals surface area contributed by atoms with Crippen molar-refractivity contribution in [3.8, 4) is 5.75 Å². The van der Waals surface area contributed by atoms with E-state index in [0.29, 0.717) is 37.7 Å². The molecule has 0 aliphatic heterocycles. The number of hydrogen-bond acceptors (Lipinski definition) is 8. The van der Waals surface area contributed by atoms with Crippen LogP contribution in [0.25, 0.3) is 0 Å². The topological polar surface area (TPSA) is 216 Å². The summed E-state index contributed by atoms with van der Waals surface area (Å²) in [6.07, 6.45) is 3.20. The second-order valence-corrected chi connectivity index (χ2v) is 12.0. The first-order valence-corrected chi connectivity index (χ1v) is 14.6. The van der Waals surface area contributed by atoms with Crippen LogP contribution in [0.1, 0.15) is 44.1 Å². The third-order valence-electron chi connectivity index (χ3n) is 6.95. The van der Waals surface area contributed by atoms with Gasteiger partial charge >= 0.3 is 11.9 Å². The normalized spacial score (nSPS) is 16.4. The molecule has 0 spiro atoms. The van der Waals surface area contributed by atoms with Crippen molar-refractivity contribution in [2.24, 2.45) is 17.1 Å². The molecular formula is C25H38N4O9S. The van der Waals surface area contributed by atoms with Gasteiger partial charge in [-0.25, -0.2) is 13.2 Å². The first kappa shape index (κ1) is 32.0. The molecule has 2 atom stereocenters. The molecule has 13 nitrogen and oxygen atoms in total. The Morgan fingerprint density at radius 3 is 2.21 bits per heavy atom. The van der Waals surface area contributed by atoms with E-state index in [-0.39, 0.29) is 38.2 Å². The molecule has 1 aromatic carbocycles. The molecule has 39 heavy (non-hydrogen) atoms. The molecule has 1 saturated carbocycles. The van der Waals surface area contributed by atoms with E-state index in [0.717, 1.165) is 10.6 Å². The Kier molecular flexibility index (Phi) is 11.7. The van der Waals surface area contributed by atoms with Crippen molar-refractivity contribution < 1.29 is 42.9 Å². The second-order valence-electron chi connectivity index (χ2n) is 10.0. The Labute approximate surface area is 227 Å². The average molecular weight is 571 g/mol. The number of amides is 2. The minimum atomic E-state index is -3.68. The van der Waals surface area contributed by atoms with Gasteiger partial charge in [0.15, 0.2) is 0 Å². The van der Waals surface area contributed by atoms with Gasteiger partial charge in [0.1, 0.15) is 11.8 Å². The van der Waals surface area contributed by atoms with Gasteiger partial charge in [-0.1, -0.05) is 25.0 Å². The highest BCUT2D eigenvalue weighted by Crippen LogP contribution is 2.43. The van der Waals surface area contributed by atoms with Crippen LogP contribution in [0.2, 0.25) is 0 Å². The number of nitrogens with zero attached hydrogens (tertiary/aromatic N) is 1. The van der Waals surface area contributed by atoms with Crippen molar-refractivity contribution in [1.82, 2.24) is 14.9 Å². The summed E-state index contributed by atoms with van der Waals surface area (Å²) in [5, 5.41) is 34.0. The molecular weight excluding hydrogens is 532 g/mol. The predicted octanol–water partition coefficient (Wildman–Crippen LogP) is -0.118. The quantitative estimate of drug-likeness (QED) is 0.155. The molecule has 218 valence electrons. The van der Waals surface area contributed by atoms with Crippen LogP contribution in [0.15, 0.2) is 24.3 Å². The minimum Gasteiger partial charge on any atom is -0.508 e.